The molecule has 0 bridgehead atoms. The van der Waals surface area contributed by atoms with Crippen molar-refractivity contribution in [2.24, 2.45) is 0 Å². The van der Waals surface area contributed by atoms with Crippen LogP contribution in [-0.4, -0.2) is 45.0 Å². The topological polar surface area (TPSA) is 108 Å². The maximum absolute atomic E-state index is 12.7. The first-order valence-corrected chi connectivity index (χ1v) is 9.14. The van der Waals surface area contributed by atoms with Gasteiger partial charge in [-0.3, -0.25) is 29.2 Å². The van der Waals surface area contributed by atoms with E-state index in [4.69, 9.17) is 16.6 Å². The summed E-state index contributed by atoms with van der Waals surface area (Å²) < 4.78 is 12.1. The van der Waals surface area contributed by atoms with E-state index >= 15 is 0 Å². The fourth-order valence-corrected chi connectivity index (χ4v) is 3.64. The fourth-order valence-electron chi connectivity index (χ4n) is 3.27. The van der Waals surface area contributed by atoms with Crippen molar-refractivity contribution in [3.8, 4) is 11.3 Å². The monoisotopic (exact) mass is 413 g/mol. The van der Waals surface area contributed by atoms with Crippen molar-refractivity contribution in [2.45, 2.75) is 12.8 Å². The average molecular weight is 413 g/mol. The van der Waals surface area contributed by atoms with Gasteiger partial charge >= 0.3 is 5.97 Å². The van der Waals surface area contributed by atoms with E-state index in [1.807, 2.05) is 0 Å². The number of benzene rings is 1. The largest absolute Gasteiger partial charge is 0.469 e. The van der Waals surface area contributed by atoms with Gasteiger partial charge in [-0.25, -0.2) is 0 Å². The number of nitro benzene ring substituents is 1. The van der Waals surface area contributed by atoms with E-state index in [0.717, 1.165) is 0 Å². The fraction of sp³-hybridized carbons (Fsp3) is 0.211. The number of esters is 1. The van der Waals surface area contributed by atoms with E-state index < -0.39 is 4.92 Å². The normalized spacial score (nSPS) is 13.2. The Bertz CT molecular complexity index is 1160. The van der Waals surface area contributed by atoms with Gasteiger partial charge in [0.2, 0.25) is 0 Å². The number of amides is 1. The molecular formula is C19H15N3O6S. The second kappa shape index (κ2) is 7.13. The molecule has 0 N–H and O–H groups in total. The number of methoxy groups -OCH3 is 1. The van der Waals surface area contributed by atoms with Crippen LogP contribution in [0, 0.1) is 10.1 Å². The van der Waals surface area contributed by atoms with Gasteiger partial charge in [-0.05, 0) is 30.8 Å². The third-order valence-electron chi connectivity index (χ3n) is 4.73. The Balaban J connectivity index is 1.60. The number of ether oxygens (including phenoxy) is 1. The molecule has 0 saturated heterocycles. The number of fused-ring (bicyclic) bond motifs is 3. The quantitative estimate of drug-likeness (QED) is 0.264. The first kappa shape index (κ1) is 18.8. The van der Waals surface area contributed by atoms with Crippen LogP contribution in [0.4, 0.5) is 5.69 Å². The number of non-ortho nitro benzene ring substituents is 1. The summed E-state index contributed by atoms with van der Waals surface area (Å²) in [5.74, 6) is -0.0742. The van der Waals surface area contributed by atoms with Crippen molar-refractivity contribution in [1.29, 1.82) is 0 Å². The van der Waals surface area contributed by atoms with E-state index in [1.165, 1.54) is 24.1 Å². The smallest absolute Gasteiger partial charge is 0.305 e. The lowest BCUT2D eigenvalue weighted by molar-refractivity contribution is -0.384. The molecule has 0 radical (unpaired) electrons. The summed E-state index contributed by atoms with van der Waals surface area (Å²) in [5, 5.41) is 11.1. The molecule has 2 aromatic heterocycles. The minimum Gasteiger partial charge on any atom is -0.469 e. The van der Waals surface area contributed by atoms with Crippen molar-refractivity contribution in [1.82, 2.24) is 9.47 Å². The van der Waals surface area contributed by atoms with Crippen LogP contribution in [0.25, 0.3) is 22.4 Å². The van der Waals surface area contributed by atoms with Crippen LogP contribution >= 0.6 is 12.2 Å². The number of hydrogen-bond donors (Lipinski definition) is 0. The number of rotatable bonds is 6. The minimum absolute atomic E-state index is 0.0102. The maximum atomic E-state index is 12.7. The zero-order chi connectivity index (χ0) is 20.7. The highest BCUT2D eigenvalue weighted by Gasteiger charge is 2.35. The number of nitro groups is 1. The molecule has 0 spiro atoms. The summed E-state index contributed by atoms with van der Waals surface area (Å²) >= 11 is 5.47. The van der Waals surface area contributed by atoms with Gasteiger partial charge in [-0.1, -0.05) is 0 Å². The highest BCUT2D eigenvalue weighted by Crippen LogP contribution is 2.34. The molecule has 0 unspecified atom stereocenters. The van der Waals surface area contributed by atoms with Crippen molar-refractivity contribution in [3.05, 3.63) is 52.2 Å². The standard InChI is InChI=1S/C19H15N3O6S/c1-27-17(23)3-2-8-20-18(24)14-10-16-13(21(14)19(20)29)9-15(28-16)11-4-6-12(7-5-11)22(25)26/h4-7,9-10H,2-3,8H2,1H3. The second-order valence-corrected chi connectivity index (χ2v) is 6.81. The maximum Gasteiger partial charge on any atom is 0.305 e. The summed E-state index contributed by atoms with van der Waals surface area (Å²) in [7, 11) is 1.32. The summed E-state index contributed by atoms with van der Waals surface area (Å²) in [6.07, 6.45) is 0.634. The minimum atomic E-state index is -0.468. The number of furan rings is 1. The van der Waals surface area contributed by atoms with E-state index in [-0.39, 0.29) is 24.0 Å². The first-order valence-electron chi connectivity index (χ1n) is 8.74. The van der Waals surface area contributed by atoms with E-state index in [2.05, 4.69) is 4.74 Å². The third kappa shape index (κ3) is 3.17. The number of thiocarbonyl (C=S) groups is 1. The third-order valence-corrected chi connectivity index (χ3v) is 5.13. The number of hydrogen-bond acceptors (Lipinski definition) is 7. The van der Waals surface area contributed by atoms with E-state index in [0.29, 0.717) is 46.2 Å². The molecule has 1 aromatic carbocycles. The van der Waals surface area contributed by atoms with Crippen LogP contribution in [-0.2, 0) is 9.53 Å². The van der Waals surface area contributed by atoms with E-state index in [9.17, 15) is 19.7 Å². The summed E-state index contributed by atoms with van der Waals surface area (Å²) in [4.78, 5) is 35.7. The first-order chi connectivity index (χ1) is 13.9. The average Bonchev–Trinajstić information content (AvgIpc) is 3.33. The molecule has 1 amide bonds. The molecule has 4 rings (SSSR count). The molecule has 29 heavy (non-hydrogen) atoms. The molecule has 0 aliphatic carbocycles. The molecule has 0 atom stereocenters. The van der Waals surface area contributed by atoms with Crippen LogP contribution < -0.4 is 0 Å². The highest BCUT2D eigenvalue weighted by atomic mass is 32.1. The van der Waals surface area contributed by atoms with Gasteiger partial charge in [0.25, 0.3) is 11.6 Å². The molecule has 3 aromatic rings. The number of nitrogens with zero attached hydrogens (tertiary/aromatic N) is 3. The Kier molecular flexibility index (Phi) is 4.63. The lowest BCUT2D eigenvalue weighted by atomic mass is 10.1. The van der Waals surface area contributed by atoms with Crippen LogP contribution in [0.1, 0.15) is 23.3 Å². The van der Waals surface area contributed by atoms with Crippen molar-refractivity contribution in [2.75, 3.05) is 13.7 Å². The molecule has 10 heteroatoms. The second-order valence-electron chi connectivity index (χ2n) is 6.45. The molecular weight excluding hydrogens is 398 g/mol. The molecule has 0 saturated carbocycles. The molecule has 9 nitrogen and oxygen atoms in total. The Labute approximate surface area is 169 Å². The summed E-state index contributed by atoms with van der Waals surface area (Å²) in [5.41, 5.74) is 2.20. The molecule has 3 heterocycles. The SMILES string of the molecule is COC(=O)CCCN1C(=O)c2cc3oc(-c4ccc([N+](=O)[O-])cc4)cc3n2C1=S. The van der Waals surface area contributed by atoms with Crippen LogP contribution in [0.5, 0.6) is 0 Å². The van der Waals surface area contributed by atoms with Gasteiger partial charge in [0.15, 0.2) is 10.7 Å². The Morgan fingerprint density at radius 3 is 2.66 bits per heavy atom. The van der Waals surface area contributed by atoms with Crippen molar-refractivity contribution >= 4 is 46.0 Å². The summed E-state index contributed by atoms with van der Waals surface area (Å²) in [6.45, 7) is 0.309. The Morgan fingerprint density at radius 1 is 1.28 bits per heavy atom. The highest BCUT2D eigenvalue weighted by molar-refractivity contribution is 7.80. The predicted molar refractivity (Wildman–Crippen MR) is 107 cm³/mol. The number of carbonyl (C=O) groups is 2. The molecule has 1 aliphatic rings. The number of carbonyl (C=O) groups excluding carboxylic acids is 2. The van der Waals surface area contributed by atoms with Gasteiger partial charge in [-0.15, -0.1) is 0 Å². The lowest BCUT2D eigenvalue weighted by Crippen LogP contribution is -2.32. The van der Waals surface area contributed by atoms with Gasteiger partial charge in [-0.2, -0.15) is 0 Å². The van der Waals surface area contributed by atoms with Gasteiger partial charge in [0, 0.05) is 42.8 Å². The van der Waals surface area contributed by atoms with Crippen molar-refractivity contribution < 1.29 is 23.7 Å². The van der Waals surface area contributed by atoms with Gasteiger partial charge < -0.3 is 9.15 Å². The predicted octanol–water partition coefficient (Wildman–Crippen LogP) is 3.35. The molecule has 1 aliphatic heterocycles. The molecule has 148 valence electrons. The zero-order valence-electron chi connectivity index (χ0n) is 15.3. The zero-order valence-corrected chi connectivity index (χ0v) is 16.1. The summed E-state index contributed by atoms with van der Waals surface area (Å²) in [6, 6.07) is 9.37. The van der Waals surface area contributed by atoms with E-state index in [1.54, 1.807) is 28.8 Å². The van der Waals surface area contributed by atoms with Gasteiger partial charge in [0.1, 0.15) is 11.5 Å². The van der Waals surface area contributed by atoms with Gasteiger partial charge in [0.05, 0.1) is 17.5 Å². The van der Waals surface area contributed by atoms with Crippen LogP contribution in [0.15, 0.2) is 40.8 Å². The van der Waals surface area contributed by atoms with Crippen molar-refractivity contribution in [3.63, 3.8) is 0 Å². The lowest BCUT2D eigenvalue weighted by Gasteiger charge is -2.15. The van der Waals surface area contributed by atoms with Crippen LogP contribution in [0.3, 0.4) is 0 Å². The number of aromatic nitrogens is 1. The van der Waals surface area contributed by atoms with Crippen LogP contribution in [0.2, 0.25) is 0 Å². The Hall–Kier alpha value is -3.53. The Morgan fingerprint density at radius 2 is 2.00 bits per heavy atom. The molecule has 0 fully saturated rings.